The van der Waals surface area contributed by atoms with E-state index in [2.05, 4.69) is 0 Å². The van der Waals surface area contributed by atoms with Crippen molar-refractivity contribution >= 4 is 5.91 Å². The fraction of sp³-hybridized carbons (Fsp3) is 0.500. The van der Waals surface area contributed by atoms with Gasteiger partial charge < -0.3 is 19.8 Å². The molecule has 1 amide bonds. The van der Waals surface area contributed by atoms with E-state index in [1.807, 2.05) is 30.3 Å². The Bertz CT molecular complexity index is 399. The van der Waals surface area contributed by atoms with Gasteiger partial charge in [-0.1, -0.05) is 18.2 Å². The molecule has 5 heteroatoms. The first-order valence-electron chi connectivity index (χ1n) is 6.48. The van der Waals surface area contributed by atoms with Crippen LogP contribution in [0.25, 0.3) is 0 Å². The van der Waals surface area contributed by atoms with Gasteiger partial charge in [-0.3, -0.25) is 4.79 Å². The van der Waals surface area contributed by atoms with E-state index in [9.17, 15) is 15.0 Å². The number of β-amino-alcohol motifs (C(OH)–C–C–N with tert-alkyl or cyclic N) is 2. The Morgan fingerprint density at radius 1 is 1.21 bits per heavy atom. The minimum atomic E-state index is -0.815. The Kier molecular flexibility index (Phi) is 4.76. The molecule has 1 fully saturated rings. The van der Waals surface area contributed by atoms with Crippen LogP contribution >= 0.6 is 0 Å². The highest BCUT2D eigenvalue weighted by molar-refractivity contribution is 5.76. The number of carbonyl (C=O) groups excluding carboxylic acids is 1. The number of aliphatic hydroxyl groups is 2. The Morgan fingerprint density at radius 2 is 1.84 bits per heavy atom. The van der Waals surface area contributed by atoms with Crippen LogP contribution in [0.5, 0.6) is 5.75 Å². The zero-order valence-corrected chi connectivity index (χ0v) is 10.7. The molecule has 2 unspecified atom stereocenters. The summed E-state index contributed by atoms with van der Waals surface area (Å²) < 4.78 is 5.49. The van der Waals surface area contributed by atoms with Gasteiger partial charge in [-0.15, -0.1) is 0 Å². The third-order valence-electron chi connectivity index (χ3n) is 3.16. The van der Waals surface area contributed by atoms with Crippen LogP contribution in [-0.4, -0.2) is 52.9 Å². The first-order valence-corrected chi connectivity index (χ1v) is 6.48. The molecule has 2 atom stereocenters. The molecule has 2 rings (SSSR count). The maximum Gasteiger partial charge on any atom is 0.222 e. The number of ether oxygens (including phenoxy) is 1. The van der Waals surface area contributed by atoms with Gasteiger partial charge in [-0.25, -0.2) is 0 Å². The van der Waals surface area contributed by atoms with Crippen LogP contribution in [-0.2, 0) is 4.79 Å². The second-order valence-corrected chi connectivity index (χ2v) is 4.70. The molecule has 0 aromatic heterocycles. The van der Waals surface area contributed by atoms with Crippen molar-refractivity contribution in [2.75, 3.05) is 19.7 Å². The van der Waals surface area contributed by atoms with Gasteiger partial charge in [0.2, 0.25) is 5.91 Å². The number of likely N-dealkylation sites (tertiary alicyclic amines) is 1. The number of aliphatic hydroxyl groups excluding tert-OH is 2. The lowest BCUT2D eigenvalue weighted by Crippen LogP contribution is -2.29. The molecule has 1 saturated heterocycles. The molecule has 0 aliphatic carbocycles. The van der Waals surface area contributed by atoms with Crippen molar-refractivity contribution in [1.82, 2.24) is 4.90 Å². The van der Waals surface area contributed by atoms with Crippen LogP contribution in [0.3, 0.4) is 0 Å². The second-order valence-electron chi connectivity index (χ2n) is 4.70. The molecule has 0 radical (unpaired) electrons. The molecule has 1 aliphatic rings. The topological polar surface area (TPSA) is 70.0 Å². The molecule has 0 spiro atoms. The van der Waals surface area contributed by atoms with Crippen molar-refractivity contribution in [3.63, 3.8) is 0 Å². The predicted molar refractivity (Wildman–Crippen MR) is 69.8 cm³/mol. The Hall–Kier alpha value is -1.59. The number of hydrogen-bond acceptors (Lipinski definition) is 4. The smallest absolute Gasteiger partial charge is 0.222 e. The van der Waals surface area contributed by atoms with E-state index in [4.69, 9.17) is 4.74 Å². The molecule has 1 aromatic carbocycles. The largest absolute Gasteiger partial charge is 0.494 e. The van der Waals surface area contributed by atoms with Gasteiger partial charge >= 0.3 is 0 Å². The number of hydrogen-bond donors (Lipinski definition) is 2. The first kappa shape index (κ1) is 13.8. The van der Waals surface area contributed by atoms with Crippen LogP contribution in [0.4, 0.5) is 0 Å². The van der Waals surface area contributed by atoms with Gasteiger partial charge in [0.05, 0.1) is 18.8 Å². The monoisotopic (exact) mass is 265 g/mol. The molecule has 5 nitrogen and oxygen atoms in total. The van der Waals surface area contributed by atoms with Gasteiger partial charge in [0, 0.05) is 19.5 Å². The summed E-state index contributed by atoms with van der Waals surface area (Å²) in [5.41, 5.74) is 0. The van der Waals surface area contributed by atoms with E-state index in [-0.39, 0.29) is 19.0 Å². The van der Waals surface area contributed by atoms with Crippen molar-refractivity contribution in [3.05, 3.63) is 30.3 Å². The minimum absolute atomic E-state index is 0.0488. The summed E-state index contributed by atoms with van der Waals surface area (Å²) in [5, 5.41) is 18.7. The number of amides is 1. The normalized spacial score (nSPS) is 22.5. The summed E-state index contributed by atoms with van der Waals surface area (Å²) in [5.74, 6) is 0.745. The van der Waals surface area contributed by atoms with Crippen molar-refractivity contribution in [2.45, 2.75) is 25.0 Å². The third-order valence-corrected chi connectivity index (χ3v) is 3.16. The Morgan fingerprint density at radius 3 is 2.47 bits per heavy atom. The fourth-order valence-electron chi connectivity index (χ4n) is 2.06. The molecule has 1 aromatic rings. The highest BCUT2D eigenvalue weighted by Crippen LogP contribution is 2.13. The molecular formula is C14H19NO4. The lowest BCUT2D eigenvalue weighted by atomic mass is 10.3. The van der Waals surface area contributed by atoms with Crippen molar-refractivity contribution < 1.29 is 19.7 Å². The minimum Gasteiger partial charge on any atom is -0.494 e. The Labute approximate surface area is 112 Å². The average molecular weight is 265 g/mol. The van der Waals surface area contributed by atoms with Gasteiger partial charge in [0.15, 0.2) is 0 Å². The highest BCUT2D eigenvalue weighted by Gasteiger charge is 2.31. The molecule has 104 valence electrons. The van der Waals surface area contributed by atoms with Crippen LogP contribution in [0.15, 0.2) is 30.3 Å². The van der Waals surface area contributed by atoms with E-state index >= 15 is 0 Å². The molecule has 0 bridgehead atoms. The quantitative estimate of drug-likeness (QED) is 0.757. The second kappa shape index (κ2) is 6.54. The highest BCUT2D eigenvalue weighted by atomic mass is 16.5. The maximum atomic E-state index is 11.8. The SMILES string of the molecule is O=C(CCCOc1ccccc1)N1CC(O)C(O)C1. The summed E-state index contributed by atoms with van der Waals surface area (Å²) in [6, 6.07) is 9.45. The number of para-hydroxylation sites is 1. The standard InChI is InChI=1S/C14H19NO4/c16-12-9-15(10-13(12)17)14(18)7-4-8-19-11-5-2-1-3-6-11/h1-3,5-6,12-13,16-17H,4,7-10H2. The van der Waals surface area contributed by atoms with Gasteiger partial charge in [0.1, 0.15) is 5.75 Å². The van der Waals surface area contributed by atoms with Crippen molar-refractivity contribution in [1.29, 1.82) is 0 Å². The van der Waals surface area contributed by atoms with Crippen LogP contribution < -0.4 is 4.74 Å². The zero-order valence-electron chi connectivity index (χ0n) is 10.7. The molecule has 1 heterocycles. The summed E-state index contributed by atoms with van der Waals surface area (Å²) in [6.07, 6.45) is -0.642. The number of benzene rings is 1. The summed E-state index contributed by atoms with van der Waals surface area (Å²) in [6.45, 7) is 0.924. The summed E-state index contributed by atoms with van der Waals surface area (Å²) in [7, 11) is 0. The third kappa shape index (κ3) is 3.94. The van der Waals surface area contributed by atoms with E-state index in [0.717, 1.165) is 5.75 Å². The average Bonchev–Trinajstić information content (AvgIpc) is 2.76. The Balaban J connectivity index is 1.65. The van der Waals surface area contributed by atoms with E-state index in [1.54, 1.807) is 0 Å². The lowest BCUT2D eigenvalue weighted by molar-refractivity contribution is -0.130. The van der Waals surface area contributed by atoms with Crippen LogP contribution in [0, 0.1) is 0 Å². The van der Waals surface area contributed by atoms with Gasteiger partial charge in [-0.05, 0) is 18.6 Å². The molecular weight excluding hydrogens is 246 g/mol. The predicted octanol–water partition coefficient (Wildman–Crippen LogP) is 0.410. The van der Waals surface area contributed by atoms with E-state index in [1.165, 1.54) is 4.90 Å². The lowest BCUT2D eigenvalue weighted by Gasteiger charge is -2.15. The molecule has 2 N–H and O–H groups in total. The molecule has 1 aliphatic heterocycles. The fourth-order valence-corrected chi connectivity index (χ4v) is 2.06. The zero-order chi connectivity index (χ0) is 13.7. The first-order chi connectivity index (χ1) is 9.16. The molecule has 0 saturated carbocycles. The van der Waals surface area contributed by atoms with E-state index in [0.29, 0.717) is 19.4 Å². The molecule has 19 heavy (non-hydrogen) atoms. The van der Waals surface area contributed by atoms with Crippen LogP contribution in [0.1, 0.15) is 12.8 Å². The number of rotatable bonds is 5. The number of nitrogens with zero attached hydrogens (tertiary/aromatic N) is 1. The summed E-state index contributed by atoms with van der Waals surface area (Å²) in [4.78, 5) is 13.3. The van der Waals surface area contributed by atoms with Crippen molar-refractivity contribution in [3.8, 4) is 5.75 Å². The maximum absolute atomic E-state index is 11.8. The summed E-state index contributed by atoms with van der Waals surface area (Å²) >= 11 is 0. The van der Waals surface area contributed by atoms with Gasteiger partial charge in [0.25, 0.3) is 0 Å². The van der Waals surface area contributed by atoms with Gasteiger partial charge in [-0.2, -0.15) is 0 Å². The van der Waals surface area contributed by atoms with Crippen molar-refractivity contribution in [2.24, 2.45) is 0 Å². The van der Waals surface area contributed by atoms with E-state index < -0.39 is 12.2 Å². The number of carbonyl (C=O) groups is 1. The van der Waals surface area contributed by atoms with Crippen LogP contribution in [0.2, 0.25) is 0 Å².